The van der Waals surface area contributed by atoms with Crippen LogP contribution in [0.25, 0.3) is 0 Å². The van der Waals surface area contributed by atoms with E-state index in [1.54, 1.807) is 12.1 Å². The van der Waals surface area contributed by atoms with E-state index in [1.807, 2.05) is 36.4 Å². The molecule has 0 aromatic heterocycles. The molecule has 0 heterocycles. The van der Waals surface area contributed by atoms with Gasteiger partial charge < -0.3 is 20.8 Å². The fourth-order valence-electron chi connectivity index (χ4n) is 2.10. The van der Waals surface area contributed by atoms with Gasteiger partial charge in [-0.2, -0.15) is 0 Å². The van der Waals surface area contributed by atoms with Gasteiger partial charge >= 0.3 is 0 Å². The molecule has 0 aliphatic carbocycles. The topological polar surface area (TPSA) is 64.5 Å². The highest BCUT2D eigenvalue weighted by molar-refractivity contribution is 5.32. The minimum Gasteiger partial charge on any atom is -0.508 e. The largest absolute Gasteiger partial charge is 0.508 e. The number of phenols is 2. The van der Waals surface area contributed by atoms with Crippen LogP contribution in [-0.4, -0.2) is 22.8 Å². The second-order valence-corrected chi connectivity index (χ2v) is 5.17. The number of benzene rings is 2. The Morgan fingerprint density at radius 2 is 1.38 bits per heavy atom. The van der Waals surface area contributed by atoms with Gasteiger partial charge in [-0.25, -0.2) is 0 Å². The van der Waals surface area contributed by atoms with Crippen molar-refractivity contribution in [1.29, 1.82) is 0 Å². The van der Waals surface area contributed by atoms with Crippen LogP contribution in [0.5, 0.6) is 11.5 Å². The summed E-state index contributed by atoms with van der Waals surface area (Å²) < 4.78 is 0. The maximum Gasteiger partial charge on any atom is 0.120 e. The first kappa shape index (κ1) is 15.4. The summed E-state index contributed by atoms with van der Waals surface area (Å²) in [6.07, 6.45) is 0. The van der Waals surface area contributed by atoms with E-state index in [0.717, 1.165) is 17.7 Å². The Balaban J connectivity index is 1.72. The van der Waals surface area contributed by atoms with Crippen molar-refractivity contribution in [2.24, 2.45) is 0 Å². The molecule has 1 unspecified atom stereocenters. The molecule has 112 valence electrons. The summed E-state index contributed by atoms with van der Waals surface area (Å²) in [5, 5.41) is 26.0. The highest BCUT2D eigenvalue weighted by Gasteiger charge is 2.05. The average molecular weight is 286 g/mol. The zero-order valence-electron chi connectivity index (χ0n) is 12.2. The molecule has 0 amide bonds. The summed E-state index contributed by atoms with van der Waals surface area (Å²) >= 11 is 0. The molecule has 2 aromatic carbocycles. The third kappa shape index (κ3) is 4.77. The van der Waals surface area contributed by atoms with Crippen molar-refractivity contribution in [3.8, 4) is 11.5 Å². The van der Waals surface area contributed by atoms with Crippen LogP contribution >= 0.6 is 0 Å². The van der Waals surface area contributed by atoms with E-state index in [4.69, 9.17) is 0 Å². The molecule has 0 saturated heterocycles. The number of aromatic hydroxyl groups is 2. The molecule has 0 aliphatic heterocycles. The monoisotopic (exact) mass is 286 g/mol. The minimum atomic E-state index is 0.260. The van der Waals surface area contributed by atoms with Crippen LogP contribution in [0.2, 0.25) is 0 Å². The van der Waals surface area contributed by atoms with Crippen LogP contribution in [0.1, 0.15) is 18.1 Å². The average Bonchev–Trinajstić information content (AvgIpc) is 2.48. The number of hydrogen-bond donors (Lipinski definition) is 4. The second kappa shape index (κ2) is 7.67. The van der Waals surface area contributed by atoms with Gasteiger partial charge in [-0.3, -0.25) is 0 Å². The third-order valence-electron chi connectivity index (χ3n) is 3.39. The first-order valence-corrected chi connectivity index (χ1v) is 7.14. The molecule has 1 atom stereocenters. The number of nitrogens with one attached hydrogen (secondary N) is 2. The van der Waals surface area contributed by atoms with Crippen LogP contribution in [0.4, 0.5) is 0 Å². The van der Waals surface area contributed by atoms with E-state index in [0.29, 0.717) is 24.6 Å². The van der Waals surface area contributed by atoms with E-state index >= 15 is 0 Å². The molecule has 4 N–H and O–H groups in total. The quantitative estimate of drug-likeness (QED) is 0.631. The summed E-state index contributed by atoms with van der Waals surface area (Å²) in [7, 11) is 0. The normalized spacial score (nSPS) is 12.2. The maximum atomic E-state index is 9.70. The van der Waals surface area contributed by atoms with E-state index in [9.17, 15) is 10.2 Å². The Labute approximate surface area is 125 Å². The lowest BCUT2D eigenvalue weighted by Crippen LogP contribution is -2.35. The maximum absolute atomic E-state index is 9.70. The van der Waals surface area contributed by atoms with Crippen molar-refractivity contribution < 1.29 is 10.2 Å². The Morgan fingerprint density at radius 3 is 1.95 bits per heavy atom. The molecule has 0 fully saturated rings. The van der Waals surface area contributed by atoms with Crippen LogP contribution in [0.15, 0.2) is 48.5 Å². The summed E-state index contributed by atoms with van der Waals surface area (Å²) in [6.45, 7) is 4.13. The summed E-state index contributed by atoms with van der Waals surface area (Å²) in [6, 6.07) is 14.9. The Hall–Kier alpha value is -2.04. The smallest absolute Gasteiger partial charge is 0.120 e. The second-order valence-electron chi connectivity index (χ2n) is 5.17. The third-order valence-corrected chi connectivity index (χ3v) is 3.39. The van der Waals surface area contributed by atoms with Crippen molar-refractivity contribution in [2.75, 3.05) is 6.54 Å². The van der Waals surface area contributed by atoms with E-state index in [-0.39, 0.29) is 6.04 Å². The molecule has 0 saturated carbocycles. The standard InChI is InChI=1S/C17H22N2O2/c1-13(19-12-15-7-3-5-9-17(15)21)10-18-11-14-6-2-4-8-16(14)20/h2-9,13,18-21H,10-12H2,1H3. The van der Waals surface area contributed by atoms with Gasteiger partial charge in [-0.05, 0) is 19.1 Å². The van der Waals surface area contributed by atoms with Gasteiger partial charge in [0.2, 0.25) is 0 Å². The Bertz CT molecular complexity index is 572. The van der Waals surface area contributed by atoms with Crippen LogP contribution < -0.4 is 10.6 Å². The molecule has 0 radical (unpaired) electrons. The number of phenolic OH excluding ortho intramolecular Hbond substituents is 2. The molecular weight excluding hydrogens is 264 g/mol. The minimum absolute atomic E-state index is 0.260. The molecule has 4 heteroatoms. The first-order valence-electron chi connectivity index (χ1n) is 7.14. The van der Waals surface area contributed by atoms with E-state index in [2.05, 4.69) is 17.6 Å². The van der Waals surface area contributed by atoms with Gasteiger partial charge in [0.05, 0.1) is 0 Å². The zero-order chi connectivity index (χ0) is 15.1. The van der Waals surface area contributed by atoms with Gasteiger partial charge in [0.15, 0.2) is 0 Å². The van der Waals surface area contributed by atoms with Crippen molar-refractivity contribution in [2.45, 2.75) is 26.1 Å². The lowest BCUT2D eigenvalue weighted by Gasteiger charge is -2.15. The molecular formula is C17H22N2O2. The fourth-order valence-corrected chi connectivity index (χ4v) is 2.10. The van der Waals surface area contributed by atoms with Gasteiger partial charge in [0, 0.05) is 36.8 Å². The highest BCUT2D eigenvalue weighted by Crippen LogP contribution is 2.15. The van der Waals surface area contributed by atoms with Crippen molar-refractivity contribution in [1.82, 2.24) is 10.6 Å². The molecule has 0 aliphatic rings. The Morgan fingerprint density at radius 1 is 0.857 bits per heavy atom. The van der Waals surface area contributed by atoms with E-state index < -0.39 is 0 Å². The van der Waals surface area contributed by atoms with Gasteiger partial charge in [0.1, 0.15) is 11.5 Å². The van der Waals surface area contributed by atoms with Crippen molar-refractivity contribution in [3.05, 3.63) is 59.7 Å². The van der Waals surface area contributed by atoms with Crippen molar-refractivity contribution in [3.63, 3.8) is 0 Å². The number of rotatable bonds is 7. The molecule has 0 spiro atoms. The van der Waals surface area contributed by atoms with Crippen LogP contribution in [0, 0.1) is 0 Å². The van der Waals surface area contributed by atoms with Gasteiger partial charge in [-0.15, -0.1) is 0 Å². The van der Waals surface area contributed by atoms with E-state index in [1.165, 1.54) is 0 Å². The molecule has 0 bridgehead atoms. The number of para-hydroxylation sites is 2. The van der Waals surface area contributed by atoms with Gasteiger partial charge in [-0.1, -0.05) is 36.4 Å². The van der Waals surface area contributed by atoms with Crippen LogP contribution in [-0.2, 0) is 13.1 Å². The number of hydrogen-bond acceptors (Lipinski definition) is 4. The predicted molar refractivity (Wildman–Crippen MR) is 84.2 cm³/mol. The summed E-state index contributed by atoms with van der Waals surface area (Å²) in [5.41, 5.74) is 1.79. The Kier molecular flexibility index (Phi) is 5.60. The summed E-state index contributed by atoms with van der Waals surface area (Å²) in [5.74, 6) is 0.638. The summed E-state index contributed by atoms with van der Waals surface area (Å²) in [4.78, 5) is 0. The fraction of sp³-hybridized carbons (Fsp3) is 0.294. The SMILES string of the molecule is CC(CNCc1ccccc1O)NCc1ccccc1O. The lowest BCUT2D eigenvalue weighted by atomic mass is 10.2. The van der Waals surface area contributed by atoms with Gasteiger partial charge in [0.25, 0.3) is 0 Å². The first-order chi connectivity index (χ1) is 10.2. The lowest BCUT2D eigenvalue weighted by molar-refractivity contribution is 0.448. The molecule has 21 heavy (non-hydrogen) atoms. The predicted octanol–water partition coefficient (Wildman–Crippen LogP) is 2.37. The highest BCUT2D eigenvalue weighted by atomic mass is 16.3. The van der Waals surface area contributed by atoms with Crippen molar-refractivity contribution >= 4 is 0 Å². The molecule has 2 rings (SSSR count). The van der Waals surface area contributed by atoms with Crippen LogP contribution in [0.3, 0.4) is 0 Å². The molecule has 2 aromatic rings. The zero-order valence-corrected chi connectivity index (χ0v) is 12.2. The molecule has 4 nitrogen and oxygen atoms in total.